The highest BCUT2D eigenvalue weighted by atomic mass is 35.5. The molecule has 3 aromatic rings. The van der Waals surface area contributed by atoms with Gasteiger partial charge in [0.1, 0.15) is 17.6 Å². The molecule has 0 N–H and O–H groups in total. The van der Waals surface area contributed by atoms with Crippen LogP contribution in [0.3, 0.4) is 0 Å². The largest absolute Gasteiger partial charge is 0.463 e. The number of benzene rings is 1. The van der Waals surface area contributed by atoms with Crippen LogP contribution in [0.5, 0.6) is 0 Å². The maximum absolute atomic E-state index is 13.9. The van der Waals surface area contributed by atoms with Crippen LogP contribution >= 0.6 is 11.6 Å². The van der Waals surface area contributed by atoms with E-state index >= 15 is 0 Å². The third-order valence-corrected chi connectivity index (χ3v) is 3.32. The fourth-order valence-electron chi connectivity index (χ4n) is 1.99. The van der Waals surface area contributed by atoms with E-state index in [1.807, 2.05) is 6.07 Å². The van der Waals surface area contributed by atoms with Crippen LogP contribution in [0.25, 0.3) is 11.5 Å². The van der Waals surface area contributed by atoms with Crippen LogP contribution in [0.2, 0.25) is 5.02 Å². The quantitative estimate of drug-likeness (QED) is 0.745. The van der Waals surface area contributed by atoms with E-state index in [1.54, 1.807) is 18.2 Å². The molecule has 0 aliphatic carbocycles. The van der Waals surface area contributed by atoms with Gasteiger partial charge in [-0.3, -0.25) is 0 Å². The summed E-state index contributed by atoms with van der Waals surface area (Å²) in [5.74, 6) is -0.00841. The number of furan rings is 1. The number of hydrogen-bond acceptors (Lipinski definition) is 4. The molecule has 0 amide bonds. The normalized spacial score (nSPS) is 10.5. The topological polar surface area (TPSA) is 67.6 Å². The van der Waals surface area contributed by atoms with Crippen molar-refractivity contribution in [3.63, 3.8) is 0 Å². The van der Waals surface area contributed by atoms with E-state index in [2.05, 4.69) is 10.3 Å². The van der Waals surface area contributed by atoms with Gasteiger partial charge >= 0.3 is 0 Å². The van der Waals surface area contributed by atoms with Crippen LogP contribution in [-0.4, -0.2) is 15.0 Å². The molecule has 0 aliphatic heterocycles. The molecule has 0 saturated carbocycles. The summed E-state index contributed by atoms with van der Waals surface area (Å²) in [6.07, 6.45) is 1.48. The Morgan fingerprint density at radius 2 is 2.19 bits per heavy atom. The Morgan fingerprint density at radius 1 is 1.33 bits per heavy atom. The van der Waals surface area contributed by atoms with Crippen molar-refractivity contribution in [3.8, 4) is 17.5 Å². The first kappa shape index (κ1) is 13.3. The predicted octanol–water partition coefficient (Wildman–Crippen LogP) is 3.25. The molecule has 5 nitrogen and oxygen atoms in total. The fraction of sp³-hybridized carbons (Fsp3) is 0.0714. The summed E-state index contributed by atoms with van der Waals surface area (Å²) in [5, 5.41) is 17.0. The Labute approximate surface area is 124 Å². The fourth-order valence-corrected chi connectivity index (χ4v) is 2.21. The van der Waals surface area contributed by atoms with Gasteiger partial charge in [-0.1, -0.05) is 22.9 Å². The minimum atomic E-state index is -0.443. The first-order valence-electron chi connectivity index (χ1n) is 6.01. The first-order valence-corrected chi connectivity index (χ1v) is 6.39. The van der Waals surface area contributed by atoms with Gasteiger partial charge < -0.3 is 4.42 Å². The summed E-state index contributed by atoms with van der Waals surface area (Å²) in [7, 11) is 0. The summed E-state index contributed by atoms with van der Waals surface area (Å²) in [6.45, 7) is 0.0518. The zero-order valence-electron chi connectivity index (χ0n) is 10.6. The van der Waals surface area contributed by atoms with Crippen molar-refractivity contribution < 1.29 is 8.81 Å². The van der Waals surface area contributed by atoms with Crippen molar-refractivity contribution in [3.05, 3.63) is 58.7 Å². The Kier molecular flexibility index (Phi) is 3.42. The van der Waals surface area contributed by atoms with Gasteiger partial charge in [0.05, 0.1) is 12.8 Å². The van der Waals surface area contributed by atoms with Gasteiger partial charge in [-0.15, -0.1) is 5.10 Å². The molecule has 0 unspecified atom stereocenters. The lowest BCUT2D eigenvalue weighted by atomic mass is 10.2. The van der Waals surface area contributed by atoms with E-state index in [-0.39, 0.29) is 22.8 Å². The summed E-state index contributed by atoms with van der Waals surface area (Å²) < 4.78 is 20.5. The average Bonchev–Trinajstić information content (AvgIpc) is 3.11. The number of rotatable bonds is 3. The molecule has 2 aromatic heterocycles. The minimum Gasteiger partial charge on any atom is -0.463 e. The molecule has 3 rings (SSSR count). The summed E-state index contributed by atoms with van der Waals surface area (Å²) >= 11 is 6.01. The summed E-state index contributed by atoms with van der Waals surface area (Å²) in [5.41, 5.74) is 0.778. The van der Waals surface area contributed by atoms with Crippen molar-refractivity contribution >= 4 is 11.6 Å². The molecule has 0 bridgehead atoms. The molecule has 2 heterocycles. The van der Waals surface area contributed by atoms with Gasteiger partial charge in [0, 0.05) is 10.6 Å². The Balaban J connectivity index is 2.09. The monoisotopic (exact) mass is 302 g/mol. The van der Waals surface area contributed by atoms with Crippen LogP contribution in [-0.2, 0) is 6.54 Å². The molecule has 21 heavy (non-hydrogen) atoms. The second-order valence-corrected chi connectivity index (χ2v) is 4.64. The maximum Gasteiger partial charge on any atom is 0.193 e. The highest BCUT2D eigenvalue weighted by Crippen LogP contribution is 2.25. The summed E-state index contributed by atoms with van der Waals surface area (Å²) in [6, 6.07) is 9.73. The Morgan fingerprint density at radius 3 is 2.86 bits per heavy atom. The first-order chi connectivity index (χ1) is 10.2. The highest BCUT2D eigenvalue weighted by molar-refractivity contribution is 6.31. The molecule has 0 aliphatic rings. The van der Waals surface area contributed by atoms with E-state index in [4.69, 9.17) is 21.3 Å². The average molecular weight is 303 g/mol. The van der Waals surface area contributed by atoms with Crippen LogP contribution in [0.15, 0.2) is 41.0 Å². The van der Waals surface area contributed by atoms with Gasteiger partial charge in [-0.2, -0.15) is 5.26 Å². The number of aromatic nitrogens is 3. The third-order valence-electron chi connectivity index (χ3n) is 2.97. The zero-order valence-corrected chi connectivity index (χ0v) is 11.4. The van der Waals surface area contributed by atoms with E-state index in [0.717, 1.165) is 0 Å². The van der Waals surface area contributed by atoms with Crippen LogP contribution in [0.1, 0.15) is 11.3 Å². The van der Waals surface area contributed by atoms with E-state index in [1.165, 1.54) is 23.1 Å². The lowest BCUT2D eigenvalue weighted by Crippen LogP contribution is -2.06. The standard InChI is InChI=1S/C14H8ClFN4O/c15-10-3-1-4-11(16)9(10)8-20-14(12(7-17)18-19-20)13-5-2-6-21-13/h1-6H,8H2. The van der Waals surface area contributed by atoms with Crippen LogP contribution in [0.4, 0.5) is 4.39 Å². The Hall–Kier alpha value is -2.65. The second-order valence-electron chi connectivity index (χ2n) is 4.23. The van der Waals surface area contributed by atoms with Crippen molar-refractivity contribution in [2.24, 2.45) is 0 Å². The molecule has 7 heteroatoms. The van der Waals surface area contributed by atoms with E-state index in [9.17, 15) is 4.39 Å². The predicted molar refractivity (Wildman–Crippen MR) is 73.0 cm³/mol. The zero-order chi connectivity index (χ0) is 14.8. The highest BCUT2D eigenvalue weighted by Gasteiger charge is 2.19. The van der Waals surface area contributed by atoms with Crippen molar-refractivity contribution in [2.45, 2.75) is 6.54 Å². The van der Waals surface area contributed by atoms with Gasteiger partial charge in [-0.05, 0) is 24.3 Å². The number of hydrogen-bond donors (Lipinski definition) is 0. The third kappa shape index (κ3) is 2.39. The lowest BCUT2D eigenvalue weighted by molar-refractivity contribution is 0.555. The molecule has 0 spiro atoms. The maximum atomic E-state index is 13.9. The van der Waals surface area contributed by atoms with Gasteiger partial charge in [0.25, 0.3) is 0 Å². The Bertz CT molecular complexity index is 800. The minimum absolute atomic E-state index is 0.0518. The van der Waals surface area contributed by atoms with Crippen molar-refractivity contribution in [2.75, 3.05) is 0 Å². The summed E-state index contributed by atoms with van der Waals surface area (Å²) in [4.78, 5) is 0. The molecule has 0 radical (unpaired) electrons. The molecule has 0 saturated heterocycles. The van der Waals surface area contributed by atoms with Crippen molar-refractivity contribution in [1.82, 2.24) is 15.0 Å². The molecular weight excluding hydrogens is 295 g/mol. The molecule has 1 aromatic carbocycles. The lowest BCUT2D eigenvalue weighted by Gasteiger charge is -2.07. The molecule has 0 atom stereocenters. The van der Waals surface area contributed by atoms with Crippen molar-refractivity contribution in [1.29, 1.82) is 5.26 Å². The van der Waals surface area contributed by atoms with E-state index in [0.29, 0.717) is 11.5 Å². The molecular formula is C14H8ClFN4O. The number of nitriles is 1. The van der Waals surface area contributed by atoms with Crippen LogP contribution in [0, 0.1) is 17.1 Å². The van der Waals surface area contributed by atoms with Gasteiger partial charge in [-0.25, -0.2) is 9.07 Å². The van der Waals surface area contributed by atoms with Gasteiger partial charge in [0.15, 0.2) is 11.5 Å². The van der Waals surface area contributed by atoms with E-state index < -0.39 is 5.82 Å². The smallest absolute Gasteiger partial charge is 0.193 e. The second kappa shape index (κ2) is 5.38. The molecule has 104 valence electrons. The van der Waals surface area contributed by atoms with Crippen LogP contribution < -0.4 is 0 Å². The van der Waals surface area contributed by atoms with Gasteiger partial charge in [0.2, 0.25) is 0 Å². The molecule has 0 fully saturated rings. The number of nitrogens with zero attached hydrogens (tertiary/aromatic N) is 4. The SMILES string of the molecule is N#Cc1nnn(Cc2c(F)cccc2Cl)c1-c1ccco1. The number of halogens is 2.